The number of hydrogen-bond acceptors (Lipinski definition) is 3. The third-order valence-corrected chi connectivity index (χ3v) is 3.40. The molecule has 1 aliphatic heterocycles. The van der Waals surface area contributed by atoms with E-state index in [0.29, 0.717) is 25.8 Å². The molecule has 1 aromatic carbocycles. The molecule has 0 spiro atoms. The van der Waals surface area contributed by atoms with Crippen molar-refractivity contribution in [1.29, 1.82) is 0 Å². The van der Waals surface area contributed by atoms with Gasteiger partial charge in [0.05, 0.1) is 6.04 Å². The standard InChI is InChI=1S/C16H19NO3/c1-2-7-14-15(18)10-6-11-17(14)16(19)20-12-13-8-4-3-5-9-13/h2-5,8-9,14H,1,6-7,10-12H2/t14-/m0/s1. The molecule has 1 atom stereocenters. The zero-order chi connectivity index (χ0) is 14.4. The number of hydrogen-bond donors (Lipinski definition) is 0. The lowest BCUT2D eigenvalue weighted by Crippen LogP contribution is -2.48. The maximum absolute atomic E-state index is 12.1. The van der Waals surface area contributed by atoms with Gasteiger partial charge in [0.25, 0.3) is 0 Å². The molecule has 1 fully saturated rings. The number of carbonyl (C=O) groups is 2. The van der Waals surface area contributed by atoms with Crippen LogP contribution in [0.3, 0.4) is 0 Å². The Hall–Kier alpha value is -2.10. The van der Waals surface area contributed by atoms with E-state index in [-0.39, 0.29) is 12.4 Å². The average molecular weight is 273 g/mol. The molecule has 2 rings (SSSR count). The van der Waals surface area contributed by atoms with Gasteiger partial charge in [0.1, 0.15) is 6.61 Å². The first-order valence-corrected chi connectivity index (χ1v) is 6.83. The van der Waals surface area contributed by atoms with E-state index in [0.717, 1.165) is 5.56 Å². The summed E-state index contributed by atoms with van der Waals surface area (Å²) >= 11 is 0. The first kappa shape index (κ1) is 14.3. The van der Waals surface area contributed by atoms with E-state index in [4.69, 9.17) is 4.74 Å². The maximum atomic E-state index is 12.1. The predicted octanol–water partition coefficient (Wildman–Crippen LogP) is 2.93. The van der Waals surface area contributed by atoms with Gasteiger partial charge in [0, 0.05) is 13.0 Å². The van der Waals surface area contributed by atoms with Gasteiger partial charge < -0.3 is 4.74 Å². The van der Waals surface area contributed by atoms with E-state index in [9.17, 15) is 9.59 Å². The van der Waals surface area contributed by atoms with E-state index in [1.54, 1.807) is 6.08 Å². The fraction of sp³-hybridized carbons (Fsp3) is 0.375. The van der Waals surface area contributed by atoms with E-state index in [1.165, 1.54) is 4.90 Å². The van der Waals surface area contributed by atoms with Crippen LogP contribution in [0.15, 0.2) is 43.0 Å². The number of nitrogens with zero attached hydrogens (tertiary/aromatic N) is 1. The zero-order valence-electron chi connectivity index (χ0n) is 11.5. The molecule has 106 valence electrons. The minimum Gasteiger partial charge on any atom is -0.445 e. The predicted molar refractivity (Wildman–Crippen MR) is 76.2 cm³/mol. The molecule has 1 heterocycles. The molecule has 4 nitrogen and oxygen atoms in total. The Morgan fingerprint density at radius 3 is 2.85 bits per heavy atom. The Morgan fingerprint density at radius 2 is 2.15 bits per heavy atom. The van der Waals surface area contributed by atoms with Crippen molar-refractivity contribution < 1.29 is 14.3 Å². The molecule has 0 unspecified atom stereocenters. The van der Waals surface area contributed by atoms with E-state index in [2.05, 4.69) is 6.58 Å². The van der Waals surface area contributed by atoms with Crippen LogP contribution in [-0.4, -0.2) is 29.4 Å². The van der Waals surface area contributed by atoms with Crippen LogP contribution >= 0.6 is 0 Å². The van der Waals surface area contributed by atoms with Crippen molar-refractivity contribution in [3.05, 3.63) is 48.6 Å². The minimum atomic E-state index is -0.422. The SMILES string of the molecule is C=CC[C@H]1C(=O)CCCN1C(=O)OCc1ccccc1. The number of Topliss-reactive ketones (excluding diaryl/α,β-unsaturated/α-hetero) is 1. The van der Waals surface area contributed by atoms with Crippen molar-refractivity contribution in [3.8, 4) is 0 Å². The Labute approximate surface area is 119 Å². The van der Waals surface area contributed by atoms with Crippen LogP contribution in [0.4, 0.5) is 4.79 Å². The fourth-order valence-electron chi connectivity index (χ4n) is 2.36. The number of amides is 1. The third kappa shape index (κ3) is 3.47. The molecule has 0 radical (unpaired) electrons. The monoisotopic (exact) mass is 273 g/mol. The lowest BCUT2D eigenvalue weighted by molar-refractivity contribution is -0.126. The van der Waals surface area contributed by atoms with E-state index >= 15 is 0 Å². The van der Waals surface area contributed by atoms with Crippen molar-refractivity contribution >= 4 is 11.9 Å². The highest BCUT2D eigenvalue weighted by atomic mass is 16.6. The summed E-state index contributed by atoms with van der Waals surface area (Å²) in [4.78, 5) is 25.5. The number of ether oxygens (including phenoxy) is 1. The number of carbonyl (C=O) groups excluding carboxylic acids is 2. The van der Waals surface area contributed by atoms with Crippen LogP contribution in [0.2, 0.25) is 0 Å². The first-order valence-electron chi connectivity index (χ1n) is 6.83. The summed E-state index contributed by atoms with van der Waals surface area (Å²) in [6.07, 6.45) is 2.96. The molecular weight excluding hydrogens is 254 g/mol. The van der Waals surface area contributed by atoms with Crippen LogP contribution in [0.1, 0.15) is 24.8 Å². The normalized spacial score (nSPS) is 18.7. The van der Waals surface area contributed by atoms with Crippen molar-refractivity contribution in [2.45, 2.75) is 31.9 Å². The highest BCUT2D eigenvalue weighted by molar-refractivity contribution is 5.88. The summed E-state index contributed by atoms with van der Waals surface area (Å²) in [6, 6.07) is 9.09. The van der Waals surface area contributed by atoms with Gasteiger partial charge in [-0.1, -0.05) is 36.4 Å². The number of rotatable bonds is 4. The Bertz CT molecular complexity index is 484. The Balaban J connectivity index is 1.96. The lowest BCUT2D eigenvalue weighted by Gasteiger charge is -2.33. The van der Waals surface area contributed by atoms with Crippen molar-refractivity contribution in [2.24, 2.45) is 0 Å². The molecule has 0 saturated carbocycles. The minimum absolute atomic E-state index is 0.0906. The van der Waals surface area contributed by atoms with Gasteiger partial charge in [0.15, 0.2) is 5.78 Å². The molecule has 20 heavy (non-hydrogen) atoms. The highest BCUT2D eigenvalue weighted by Gasteiger charge is 2.32. The fourth-order valence-corrected chi connectivity index (χ4v) is 2.36. The number of likely N-dealkylation sites (tertiary alicyclic amines) is 1. The van der Waals surface area contributed by atoms with Gasteiger partial charge in [-0.25, -0.2) is 4.79 Å². The second kappa shape index (κ2) is 6.89. The van der Waals surface area contributed by atoms with Crippen LogP contribution in [0.25, 0.3) is 0 Å². The maximum Gasteiger partial charge on any atom is 0.410 e. The molecule has 0 aromatic heterocycles. The van der Waals surface area contributed by atoms with Crippen molar-refractivity contribution in [1.82, 2.24) is 4.90 Å². The van der Waals surface area contributed by atoms with Crippen LogP contribution in [0.5, 0.6) is 0 Å². The molecule has 4 heteroatoms. The molecule has 1 saturated heterocycles. The third-order valence-electron chi connectivity index (χ3n) is 3.40. The van der Waals surface area contributed by atoms with Crippen LogP contribution in [0, 0.1) is 0 Å². The molecule has 1 amide bonds. The summed E-state index contributed by atoms with van der Waals surface area (Å²) in [6.45, 7) is 4.44. The smallest absolute Gasteiger partial charge is 0.410 e. The quantitative estimate of drug-likeness (QED) is 0.792. The molecule has 0 bridgehead atoms. The molecule has 0 N–H and O–H groups in total. The number of piperidine rings is 1. The van der Waals surface area contributed by atoms with Gasteiger partial charge in [-0.3, -0.25) is 9.69 Å². The first-order chi connectivity index (χ1) is 9.72. The van der Waals surface area contributed by atoms with Crippen molar-refractivity contribution in [2.75, 3.05) is 6.54 Å². The summed E-state index contributed by atoms with van der Waals surface area (Å²) in [5.74, 6) is 0.0906. The average Bonchev–Trinajstić information content (AvgIpc) is 2.48. The lowest BCUT2D eigenvalue weighted by atomic mass is 9.98. The topological polar surface area (TPSA) is 46.6 Å². The summed E-state index contributed by atoms with van der Waals surface area (Å²) in [5, 5.41) is 0. The van der Waals surface area contributed by atoms with E-state index < -0.39 is 12.1 Å². The molecule has 1 aromatic rings. The van der Waals surface area contributed by atoms with Crippen LogP contribution in [-0.2, 0) is 16.1 Å². The summed E-state index contributed by atoms with van der Waals surface area (Å²) < 4.78 is 5.29. The van der Waals surface area contributed by atoms with Gasteiger partial charge in [-0.2, -0.15) is 0 Å². The molecule has 1 aliphatic rings. The zero-order valence-corrected chi connectivity index (χ0v) is 11.5. The second-order valence-corrected chi connectivity index (χ2v) is 4.84. The second-order valence-electron chi connectivity index (χ2n) is 4.84. The van der Waals surface area contributed by atoms with Crippen molar-refractivity contribution in [3.63, 3.8) is 0 Å². The summed E-state index contributed by atoms with van der Waals surface area (Å²) in [5.41, 5.74) is 0.935. The van der Waals surface area contributed by atoms with Crippen LogP contribution < -0.4 is 0 Å². The van der Waals surface area contributed by atoms with Gasteiger partial charge in [-0.15, -0.1) is 6.58 Å². The summed E-state index contributed by atoms with van der Waals surface area (Å²) in [7, 11) is 0. The largest absolute Gasteiger partial charge is 0.445 e. The van der Waals surface area contributed by atoms with Gasteiger partial charge in [0.2, 0.25) is 0 Å². The Kier molecular flexibility index (Phi) is 4.93. The van der Waals surface area contributed by atoms with Gasteiger partial charge in [-0.05, 0) is 18.4 Å². The number of ketones is 1. The molecule has 0 aliphatic carbocycles. The van der Waals surface area contributed by atoms with E-state index in [1.807, 2.05) is 30.3 Å². The Morgan fingerprint density at radius 1 is 1.40 bits per heavy atom. The molecular formula is C16H19NO3. The number of benzene rings is 1. The highest BCUT2D eigenvalue weighted by Crippen LogP contribution is 2.18. The van der Waals surface area contributed by atoms with Gasteiger partial charge >= 0.3 is 6.09 Å².